The highest BCUT2D eigenvalue weighted by molar-refractivity contribution is 7.91. The molecule has 1 aliphatic carbocycles. The molecule has 1 heterocycles. The zero-order valence-corrected chi connectivity index (χ0v) is 14.6. The van der Waals surface area contributed by atoms with Gasteiger partial charge in [-0.25, -0.2) is 13.7 Å². The Morgan fingerprint density at radius 2 is 1.88 bits per heavy atom. The standard InChI is InChI=1S/C19H20N4OS/c20-25(24,22-13-14-5-6-14)16-9-7-15(8-10-16)23-19-11-12-21-18-4-2-1-3-17(18)19/h1-4,7-12,14H,5-6,13H2,(H,21,23)(H2,20,22,24). The molecule has 2 aromatic carbocycles. The first-order valence-corrected chi connectivity index (χ1v) is 9.91. The summed E-state index contributed by atoms with van der Waals surface area (Å²) in [6.07, 6.45) is 4.12. The van der Waals surface area contributed by atoms with Gasteiger partial charge in [-0.05, 0) is 55.2 Å². The van der Waals surface area contributed by atoms with Crippen LogP contribution in [-0.2, 0) is 9.92 Å². The average Bonchev–Trinajstić information content (AvgIpc) is 3.46. The third-order valence-corrected chi connectivity index (χ3v) is 5.82. The molecule has 0 aliphatic heterocycles. The van der Waals surface area contributed by atoms with Crippen molar-refractivity contribution in [1.82, 2.24) is 4.98 Å². The van der Waals surface area contributed by atoms with E-state index in [1.54, 1.807) is 18.3 Å². The summed E-state index contributed by atoms with van der Waals surface area (Å²) in [7, 11) is -2.80. The Hall–Kier alpha value is -2.44. The Labute approximate surface area is 147 Å². The van der Waals surface area contributed by atoms with Crippen LogP contribution in [0.25, 0.3) is 10.9 Å². The van der Waals surface area contributed by atoms with Gasteiger partial charge in [-0.1, -0.05) is 18.2 Å². The van der Waals surface area contributed by atoms with Gasteiger partial charge < -0.3 is 5.32 Å². The Kier molecular flexibility index (Phi) is 4.15. The SMILES string of the molecule is NS(=O)(=NCC1CC1)c1ccc(Nc2ccnc3ccccc23)cc1. The number of benzene rings is 2. The first-order chi connectivity index (χ1) is 12.1. The fourth-order valence-electron chi connectivity index (χ4n) is 2.68. The lowest BCUT2D eigenvalue weighted by atomic mass is 10.2. The number of hydrogen-bond donors (Lipinski definition) is 2. The number of fused-ring (bicyclic) bond motifs is 1. The van der Waals surface area contributed by atoms with Gasteiger partial charge in [0.2, 0.25) is 0 Å². The van der Waals surface area contributed by atoms with Crippen LogP contribution in [0.4, 0.5) is 11.4 Å². The number of para-hydroxylation sites is 1. The van der Waals surface area contributed by atoms with E-state index in [9.17, 15) is 4.21 Å². The Bertz CT molecular complexity index is 1010. The number of nitrogens with two attached hydrogens (primary N) is 1. The monoisotopic (exact) mass is 352 g/mol. The zero-order valence-electron chi connectivity index (χ0n) is 13.8. The van der Waals surface area contributed by atoms with Crippen molar-refractivity contribution >= 4 is 32.2 Å². The summed E-state index contributed by atoms with van der Waals surface area (Å²) in [5, 5.41) is 10.4. The Morgan fingerprint density at radius 1 is 1.12 bits per heavy atom. The maximum atomic E-state index is 12.5. The Balaban J connectivity index is 1.58. The number of hydrogen-bond acceptors (Lipinski definition) is 4. The molecule has 1 aliphatic rings. The predicted molar refractivity (Wildman–Crippen MR) is 102 cm³/mol. The van der Waals surface area contributed by atoms with Gasteiger partial charge in [-0.3, -0.25) is 4.98 Å². The van der Waals surface area contributed by atoms with E-state index < -0.39 is 9.92 Å². The van der Waals surface area contributed by atoms with Crippen LogP contribution in [0.2, 0.25) is 0 Å². The molecule has 1 aromatic heterocycles. The molecule has 1 saturated carbocycles. The van der Waals surface area contributed by atoms with Crippen molar-refractivity contribution in [2.45, 2.75) is 17.7 Å². The van der Waals surface area contributed by atoms with Gasteiger partial charge in [-0.15, -0.1) is 0 Å². The molecule has 5 nitrogen and oxygen atoms in total. The van der Waals surface area contributed by atoms with Crippen LogP contribution in [0.1, 0.15) is 12.8 Å². The topological polar surface area (TPSA) is 80.4 Å². The van der Waals surface area contributed by atoms with Crippen molar-refractivity contribution in [3.63, 3.8) is 0 Å². The van der Waals surface area contributed by atoms with Crippen LogP contribution in [-0.4, -0.2) is 15.7 Å². The number of nitrogens with one attached hydrogen (secondary N) is 1. The maximum absolute atomic E-state index is 12.5. The molecule has 6 heteroatoms. The molecule has 3 N–H and O–H groups in total. The molecule has 0 radical (unpaired) electrons. The van der Waals surface area contributed by atoms with E-state index in [-0.39, 0.29) is 0 Å². The van der Waals surface area contributed by atoms with Crippen LogP contribution in [0, 0.1) is 5.92 Å². The van der Waals surface area contributed by atoms with Gasteiger partial charge >= 0.3 is 0 Å². The minimum atomic E-state index is -2.80. The predicted octanol–water partition coefficient (Wildman–Crippen LogP) is 4.09. The first kappa shape index (κ1) is 16.1. The van der Waals surface area contributed by atoms with E-state index in [0.29, 0.717) is 17.4 Å². The molecule has 1 unspecified atom stereocenters. The highest BCUT2D eigenvalue weighted by atomic mass is 32.2. The van der Waals surface area contributed by atoms with Gasteiger partial charge in [-0.2, -0.15) is 0 Å². The van der Waals surface area contributed by atoms with Crippen LogP contribution in [0.15, 0.2) is 70.1 Å². The van der Waals surface area contributed by atoms with Gasteiger partial charge in [0.15, 0.2) is 0 Å². The van der Waals surface area contributed by atoms with E-state index in [1.807, 2.05) is 42.5 Å². The molecule has 25 heavy (non-hydrogen) atoms. The van der Waals surface area contributed by atoms with Crippen LogP contribution in [0.3, 0.4) is 0 Å². The third kappa shape index (κ3) is 3.65. The fraction of sp³-hybridized carbons (Fsp3) is 0.211. The number of aromatic nitrogens is 1. The normalized spacial score (nSPS) is 16.4. The summed E-state index contributed by atoms with van der Waals surface area (Å²) in [6.45, 7) is 0.596. The van der Waals surface area contributed by atoms with Crippen molar-refractivity contribution in [3.05, 3.63) is 60.8 Å². The van der Waals surface area contributed by atoms with E-state index in [2.05, 4.69) is 14.7 Å². The molecule has 1 fully saturated rings. The lowest BCUT2D eigenvalue weighted by molar-refractivity contribution is 0.674. The second-order valence-corrected chi connectivity index (χ2v) is 8.22. The summed E-state index contributed by atoms with van der Waals surface area (Å²) >= 11 is 0. The van der Waals surface area contributed by atoms with Crippen LogP contribution >= 0.6 is 0 Å². The van der Waals surface area contributed by atoms with Gasteiger partial charge in [0, 0.05) is 23.0 Å². The van der Waals surface area contributed by atoms with E-state index >= 15 is 0 Å². The van der Waals surface area contributed by atoms with Crippen molar-refractivity contribution in [1.29, 1.82) is 0 Å². The quantitative estimate of drug-likeness (QED) is 0.726. The second kappa shape index (κ2) is 6.46. The molecular weight excluding hydrogens is 332 g/mol. The van der Waals surface area contributed by atoms with Crippen molar-refractivity contribution in [3.8, 4) is 0 Å². The maximum Gasteiger partial charge on any atom is 0.134 e. The van der Waals surface area contributed by atoms with Crippen LogP contribution < -0.4 is 10.5 Å². The zero-order chi connectivity index (χ0) is 17.3. The summed E-state index contributed by atoms with van der Waals surface area (Å²) in [6, 6.07) is 17.2. The highest BCUT2D eigenvalue weighted by Crippen LogP contribution is 2.30. The molecule has 0 spiro atoms. The molecule has 3 aromatic rings. The average molecular weight is 352 g/mol. The van der Waals surface area contributed by atoms with E-state index in [1.165, 1.54) is 12.8 Å². The molecule has 4 rings (SSSR count). The molecule has 0 bridgehead atoms. The van der Waals surface area contributed by atoms with E-state index in [0.717, 1.165) is 22.3 Å². The number of rotatable bonds is 5. The summed E-state index contributed by atoms with van der Waals surface area (Å²) in [5.41, 5.74) is 2.82. The van der Waals surface area contributed by atoms with Gasteiger partial charge in [0.1, 0.15) is 9.92 Å². The molecule has 0 saturated heterocycles. The minimum Gasteiger partial charge on any atom is -0.355 e. The first-order valence-electron chi connectivity index (χ1n) is 8.33. The molecule has 1 atom stereocenters. The Morgan fingerprint density at radius 3 is 2.64 bits per heavy atom. The summed E-state index contributed by atoms with van der Waals surface area (Å²) in [5.74, 6) is 0.574. The molecular formula is C19H20N4OS. The fourth-order valence-corrected chi connectivity index (χ4v) is 3.79. The molecule has 0 amide bonds. The molecule has 128 valence electrons. The smallest absolute Gasteiger partial charge is 0.134 e. The third-order valence-electron chi connectivity index (χ3n) is 4.34. The minimum absolute atomic E-state index is 0.568. The number of nitrogens with zero attached hydrogens (tertiary/aromatic N) is 2. The highest BCUT2D eigenvalue weighted by Gasteiger charge is 2.21. The number of anilines is 2. The lowest BCUT2D eigenvalue weighted by Gasteiger charge is -2.10. The lowest BCUT2D eigenvalue weighted by Crippen LogP contribution is -2.13. The summed E-state index contributed by atoms with van der Waals surface area (Å²) < 4.78 is 16.8. The van der Waals surface area contributed by atoms with Gasteiger partial charge in [0.25, 0.3) is 0 Å². The van der Waals surface area contributed by atoms with Gasteiger partial charge in [0.05, 0.1) is 17.0 Å². The van der Waals surface area contributed by atoms with Crippen molar-refractivity contribution in [2.24, 2.45) is 15.4 Å². The van der Waals surface area contributed by atoms with E-state index in [4.69, 9.17) is 5.14 Å². The van der Waals surface area contributed by atoms with Crippen LogP contribution in [0.5, 0.6) is 0 Å². The van der Waals surface area contributed by atoms with Crippen molar-refractivity contribution < 1.29 is 4.21 Å². The number of pyridine rings is 1. The van der Waals surface area contributed by atoms with Crippen molar-refractivity contribution in [2.75, 3.05) is 11.9 Å². The second-order valence-electron chi connectivity index (χ2n) is 6.35. The summed E-state index contributed by atoms with van der Waals surface area (Å²) in [4.78, 5) is 4.93. The largest absolute Gasteiger partial charge is 0.355 e.